The van der Waals surface area contributed by atoms with E-state index in [2.05, 4.69) is 4.90 Å². The van der Waals surface area contributed by atoms with Crippen LogP contribution < -0.4 is 5.73 Å². The summed E-state index contributed by atoms with van der Waals surface area (Å²) in [7, 11) is 0. The third-order valence-corrected chi connectivity index (χ3v) is 6.20. The minimum atomic E-state index is 0. The van der Waals surface area contributed by atoms with E-state index in [-0.39, 0.29) is 42.7 Å². The van der Waals surface area contributed by atoms with Crippen LogP contribution in [-0.2, 0) is 9.59 Å². The maximum Gasteiger partial charge on any atom is 0.236 e. The monoisotopic (exact) mass is 422 g/mol. The molecule has 2 atom stereocenters. The molecule has 0 bridgehead atoms. The molecule has 6 nitrogen and oxygen atoms in total. The highest BCUT2D eigenvalue weighted by Gasteiger charge is 2.30. The largest absolute Gasteiger partial charge is 0.342 e. The quantitative estimate of drug-likeness (QED) is 0.750. The lowest BCUT2D eigenvalue weighted by atomic mass is 9.99. The zero-order chi connectivity index (χ0) is 17.6. The normalized spacial score (nSPS) is 26.7. The molecule has 158 valence electrons. The highest BCUT2D eigenvalue weighted by molar-refractivity contribution is 5.85. The molecule has 27 heavy (non-hydrogen) atoms. The third-order valence-electron chi connectivity index (χ3n) is 6.20. The topological polar surface area (TPSA) is 69.9 Å². The number of piperazine rings is 1. The van der Waals surface area contributed by atoms with Gasteiger partial charge in [-0.1, -0.05) is 19.3 Å². The summed E-state index contributed by atoms with van der Waals surface area (Å²) in [5, 5.41) is 0. The van der Waals surface area contributed by atoms with Crippen LogP contribution in [0.1, 0.15) is 51.4 Å². The molecule has 2 aliphatic heterocycles. The summed E-state index contributed by atoms with van der Waals surface area (Å²) in [6, 6.07) is 0.205. The number of hydrogen-bond acceptors (Lipinski definition) is 4. The zero-order valence-corrected chi connectivity index (χ0v) is 17.9. The first-order valence-corrected chi connectivity index (χ1v) is 10.2. The lowest BCUT2D eigenvalue weighted by molar-refractivity contribution is -0.135. The Labute approximate surface area is 176 Å². The van der Waals surface area contributed by atoms with E-state index in [0.717, 1.165) is 71.4 Å². The molecular weight excluding hydrogens is 387 g/mol. The Morgan fingerprint density at radius 2 is 1.33 bits per heavy atom. The van der Waals surface area contributed by atoms with Crippen LogP contribution in [0.3, 0.4) is 0 Å². The van der Waals surface area contributed by atoms with Crippen LogP contribution in [0.25, 0.3) is 0 Å². The number of nitrogens with zero attached hydrogens (tertiary/aromatic N) is 3. The van der Waals surface area contributed by atoms with Crippen LogP contribution in [0.15, 0.2) is 0 Å². The van der Waals surface area contributed by atoms with Crippen molar-refractivity contribution < 1.29 is 9.59 Å². The Kier molecular flexibility index (Phi) is 11.0. The van der Waals surface area contributed by atoms with Crippen molar-refractivity contribution >= 4 is 36.6 Å². The third kappa shape index (κ3) is 7.08. The molecule has 2 amide bonds. The van der Waals surface area contributed by atoms with Gasteiger partial charge < -0.3 is 15.5 Å². The van der Waals surface area contributed by atoms with E-state index in [0.29, 0.717) is 18.9 Å². The molecule has 1 saturated carbocycles. The maximum atomic E-state index is 12.5. The molecule has 0 aromatic heterocycles. The summed E-state index contributed by atoms with van der Waals surface area (Å²) in [4.78, 5) is 31.2. The highest BCUT2D eigenvalue weighted by atomic mass is 35.5. The predicted molar refractivity (Wildman–Crippen MR) is 112 cm³/mol. The standard InChI is InChI=1S/C19H34N4O2.2ClH/c20-17-7-5-6-16(17)14-18(24)23-12-10-21(11-13-23)15-19(25)22-8-3-1-2-4-9-22;;/h16-17H,1-15,20H2;2*1H/t16-,17+;;/m0../s1. The predicted octanol–water partition coefficient (Wildman–Crippen LogP) is 1.89. The second-order valence-electron chi connectivity index (χ2n) is 8.01. The molecular formula is C19H36Cl2N4O2. The summed E-state index contributed by atoms with van der Waals surface area (Å²) in [6.45, 7) is 5.44. The average Bonchev–Trinajstić information content (AvgIpc) is 2.86. The summed E-state index contributed by atoms with van der Waals surface area (Å²) in [5.41, 5.74) is 6.09. The molecule has 3 aliphatic rings. The number of nitrogens with two attached hydrogens (primary N) is 1. The average molecular weight is 423 g/mol. The van der Waals surface area contributed by atoms with Gasteiger partial charge in [-0.05, 0) is 31.6 Å². The number of hydrogen-bond donors (Lipinski definition) is 1. The van der Waals surface area contributed by atoms with E-state index in [1.165, 1.54) is 12.8 Å². The van der Waals surface area contributed by atoms with Gasteiger partial charge in [0.15, 0.2) is 0 Å². The van der Waals surface area contributed by atoms with Gasteiger partial charge in [-0.2, -0.15) is 0 Å². The van der Waals surface area contributed by atoms with E-state index in [9.17, 15) is 9.59 Å². The van der Waals surface area contributed by atoms with Gasteiger partial charge in [-0.25, -0.2) is 0 Å². The van der Waals surface area contributed by atoms with Crippen molar-refractivity contribution in [2.45, 2.75) is 57.4 Å². The lowest BCUT2D eigenvalue weighted by Gasteiger charge is -2.36. The fraction of sp³-hybridized carbons (Fsp3) is 0.895. The highest BCUT2D eigenvalue weighted by Crippen LogP contribution is 2.27. The number of halogens is 2. The van der Waals surface area contributed by atoms with Crippen molar-refractivity contribution in [3.8, 4) is 0 Å². The SMILES string of the molecule is Cl.Cl.N[C@@H]1CCC[C@H]1CC(=O)N1CCN(CC(=O)N2CCCCCC2)CC1. The molecule has 3 fully saturated rings. The summed E-state index contributed by atoms with van der Waals surface area (Å²) >= 11 is 0. The van der Waals surface area contributed by atoms with Crippen LogP contribution in [0.5, 0.6) is 0 Å². The van der Waals surface area contributed by atoms with Gasteiger partial charge in [-0.3, -0.25) is 14.5 Å². The van der Waals surface area contributed by atoms with Gasteiger partial charge in [0.25, 0.3) is 0 Å². The van der Waals surface area contributed by atoms with Gasteiger partial charge >= 0.3 is 0 Å². The van der Waals surface area contributed by atoms with Crippen molar-refractivity contribution in [2.24, 2.45) is 11.7 Å². The molecule has 0 radical (unpaired) electrons. The van der Waals surface area contributed by atoms with Crippen molar-refractivity contribution in [1.29, 1.82) is 0 Å². The number of likely N-dealkylation sites (tertiary alicyclic amines) is 1. The van der Waals surface area contributed by atoms with Gasteiger partial charge in [0.1, 0.15) is 0 Å². The van der Waals surface area contributed by atoms with Crippen molar-refractivity contribution in [1.82, 2.24) is 14.7 Å². The molecule has 0 aromatic rings. The van der Waals surface area contributed by atoms with Crippen molar-refractivity contribution in [2.75, 3.05) is 45.8 Å². The molecule has 2 heterocycles. The van der Waals surface area contributed by atoms with Crippen LogP contribution in [-0.4, -0.2) is 78.4 Å². The zero-order valence-electron chi connectivity index (χ0n) is 16.3. The molecule has 0 aromatic carbocycles. The number of carbonyl (C=O) groups excluding carboxylic acids is 2. The molecule has 3 rings (SSSR count). The Morgan fingerprint density at radius 1 is 0.741 bits per heavy atom. The van der Waals surface area contributed by atoms with Gasteiger partial charge in [0, 0.05) is 51.7 Å². The van der Waals surface area contributed by atoms with E-state index < -0.39 is 0 Å². The second kappa shape index (κ2) is 12.1. The minimum Gasteiger partial charge on any atom is -0.342 e. The van der Waals surface area contributed by atoms with Crippen LogP contribution in [0.4, 0.5) is 0 Å². The number of carbonyl (C=O) groups is 2. The molecule has 2 N–H and O–H groups in total. The van der Waals surface area contributed by atoms with Crippen LogP contribution in [0.2, 0.25) is 0 Å². The Hall–Kier alpha value is -0.560. The van der Waals surface area contributed by atoms with E-state index in [4.69, 9.17) is 5.73 Å². The number of amides is 2. The summed E-state index contributed by atoms with van der Waals surface area (Å²) in [6.07, 6.45) is 8.68. The Bertz CT molecular complexity index is 465. The van der Waals surface area contributed by atoms with Gasteiger partial charge in [0.05, 0.1) is 6.54 Å². The van der Waals surface area contributed by atoms with E-state index >= 15 is 0 Å². The number of rotatable bonds is 4. The fourth-order valence-electron chi connectivity index (χ4n) is 4.44. The van der Waals surface area contributed by atoms with Crippen LogP contribution in [0, 0.1) is 5.92 Å². The van der Waals surface area contributed by atoms with Crippen molar-refractivity contribution in [3.05, 3.63) is 0 Å². The fourth-order valence-corrected chi connectivity index (χ4v) is 4.44. The Balaban J connectivity index is 0.00000182. The molecule has 0 unspecified atom stereocenters. The molecule has 2 saturated heterocycles. The first-order chi connectivity index (χ1) is 12.1. The Morgan fingerprint density at radius 3 is 1.89 bits per heavy atom. The van der Waals surface area contributed by atoms with Crippen molar-refractivity contribution in [3.63, 3.8) is 0 Å². The smallest absolute Gasteiger partial charge is 0.236 e. The molecule has 8 heteroatoms. The lowest BCUT2D eigenvalue weighted by Crippen LogP contribution is -2.52. The van der Waals surface area contributed by atoms with E-state index in [1.54, 1.807) is 0 Å². The second-order valence-corrected chi connectivity index (χ2v) is 8.01. The first kappa shape index (κ1) is 24.5. The first-order valence-electron chi connectivity index (χ1n) is 10.2. The van der Waals surface area contributed by atoms with Crippen LogP contribution >= 0.6 is 24.8 Å². The maximum absolute atomic E-state index is 12.5. The molecule has 0 spiro atoms. The molecule has 1 aliphatic carbocycles. The van der Waals surface area contributed by atoms with Gasteiger partial charge in [-0.15, -0.1) is 24.8 Å². The van der Waals surface area contributed by atoms with Gasteiger partial charge in [0.2, 0.25) is 11.8 Å². The van der Waals surface area contributed by atoms with E-state index in [1.807, 2.05) is 9.80 Å². The summed E-state index contributed by atoms with van der Waals surface area (Å²) in [5.74, 6) is 0.884. The minimum absolute atomic E-state index is 0. The summed E-state index contributed by atoms with van der Waals surface area (Å²) < 4.78 is 0.